The molecule has 0 bridgehead atoms. The Hall–Kier alpha value is -2.66. The molecule has 2 aromatic heterocycles. The summed E-state index contributed by atoms with van der Waals surface area (Å²) in [5.41, 5.74) is 3.73. The van der Waals surface area contributed by atoms with Gasteiger partial charge >= 0.3 is 0 Å². The van der Waals surface area contributed by atoms with Crippen LogP contribution in [0.5, 0.6) is 0 Å². The monoisotopic (exact) mass is 377 g/mol. The number of carbonyl (C=O) groups excluding carboxylic acids is 1. The second-order valence-corrected chi connectivity index (χ2v) is 8.25. The lowest BCUT2D eigenvalue weighted by atomic mass is 9.87. The van der Waals surface area contributed by atoms with Gasteiger partial charge in [0.05, 0.1) is 5.56 Å². The largest absolute Gasteiger partial charge is 0.322 e. The molecule has 0 spiro atoms. The Labute approximate surface area is 164 Å². The Morgan fingerprint density at radius 3 is 2.56 bits per heavy atom. The zero-order valence-electron chi connectivity index (χ0n) is 15.8. The van der Waals surface area contributed by atoms with Crippen molar-refractivity contribution in [3.05, 3.63) is 83.8 Å². The van der Waals surface area contributed by atoms with Crippen molar-refractivity contribution in [2.45, 2.75) is 37.0 Å². The highest BCUT2D eigenvalue weighted by Crippen LogP contribution is 2.27. The zero-order valence-corrected chi connectivity index (χ0v) is 16.6. The number of pyridine rings is 2. The standard InChI is InChI=1S/C22H23N3OS/c1-22(2,3)17-6-4-7-18(14-17)25-20(26)19-8-5-11-24-21(19)27-15-16-9-12-23-13-10-16/h4-14H,15H2,1-3H3,(H,25,26). The fourth-order valence-corrected chi connectivity index (χ4v) is 3.52. The van der Waals surface area contributed by atoms with E-state index in [0.29, 0.717) is 5.56 Å². The van der Waals surface area contributed by atoms with E-state index in [1.54, 1.807) is 36.4 Å². The van der Waals surface area contributed by atoms with Crippen molar-refractivity contribution in [2.75, 3.05) is 5.32 Å². The van der Waals surface area contributed by atoms with Gasteiger partial charge in [0, 0.05) is 30.0 Å². The van der Waals surface area contributed by atoms with Gasteiger partial charge in [0.15, 0.2) is 0 Å². The summed E-state index contributed by atoms with van der Waals surface area (Å²) in [4.78, 5) is 21.3. The molecule has 1 amide bonds. The first-order valence-corrected chi connectivity index (χ1v) is 9.81. The van der Waals surface area contributed by atoms with E-state index in [4.69, 9.17) is 0 Å². The molecular formula is C22H23N3OS. The molecule has 2 heterocycles. The number of nitrogens with zero attached hydrogens (tertiary/aromatic N) is 2. The van der Waals surface area contributed by atoms with E-state index in [1.807, 2.05) is 36.4 Å². The maximum Gasteiger partial charge on any atom is 0.258 e. The van der Waals surface area contributed by atoms with E-state index in [9.17, 15) is 4.79 Å². The summed E-state index contributed by atoms with van der Waals surface area (Å²) in [5.74, 6) is 0.589. The van der Waals surface area contributed by atoms with Crippen molar-refractivity contribution in [1.82, 2.24) is 9.97 Å². The van der Waals surface area contributed by atoms with Crippen LogP contribution in [0.2, 0.25) is 0 Å². The Bertz CT molecular complexity index is 920. The van der Waals surface area contributed by atoms with Gasteiger partial charge in [-0.25, -0.2) is 4.98 Å². The van der Waals surface area contributed by atoms with Gasteiger partial charge in [-0.3, -0.25) is 9.78 Å². The molecular weight excluding hydrogens is 354 g/mol. The van der Waals surface area contributed by atoms with Crippen molar-refractivity contribution in [3.63, 3.8) is 0 Å². The van der Waals surface area contributed by atoms with E-state index in [2.05, 4.69) is 42.1 Å². The van der Waals surface area contributed by atoms with Crippen LogP contribution in [0.4, 0.5) is 5.69 Å². The summed E-state index contributed by atoms with van der Waals surface area (Å²) < 4.78 is 0. The molecule has 1 N–H and O–H groups in total. The summed E-state index contributed by atoms with van der Waals surface area (Å²) in [7, 11) is 0. The van der Waals surface area contributed by atoms with Gasteiger partial charge in [-0.05, 0) is 52.9 Å². The lowest BCUT2D eigenvalue weighted by Crippen LogP contribution is -2.15. The second kappa shape index (κ2) is 8.35. The first kappa shape index (κ1) is 19.1. The molecule has 1 aromatic carbocycles. The number of hydrogen-bond donors (Lipinski definition) is 1. The molecule has 138 valence electrons. The Kier molecular flexibility index (Phi) is 5.91. The third-order valence-electron chi connectivity index (χ3n) is 4.13. The summed E-state index contributed by atoms with van der Waals surface area (Å²) in [6, 6.07) is 15.5. The average molecular weight is 378 g/mol. The summed E-state index contributed by atoms with van der Waals surface area (Å²) in [6.45, 7) is 6.47. The Morgan fingerprint density at radius 2 is 1.81 bits per heavy atom. The number of rotatable bonds is 5. The molecule has 5 heteroatoms. The van der Waals surface area contributed by atoms with Crippen LogP contribution >= 0.6 is 11.8 Å². The maximum absolute atomic E-state index is 12.8. The van der Waals surface area contributed by atoms with Crippen molar-refractivity contribution < 1.29 is 4.79 Å². The van der Waals surface area contributed by atoms with Crippen LogP contribution in [0.3, 0.4) is 0 Å². The molecule has 0 saturated carbocycles. The average Bonchev–Trinajstić information content (AvgIpc) is 2.67. The topological polar surface area (TPSA) is 54.9 Å². The number of amides is 1. The quantitative estimate of drug-likeness (QED) is 0.612. The van der Waals surface area contributed by atoms with E-state index >= 15 is 0 Å². The molecule has 0 unspecified atom stereocenters. The molecule has 0 radical (unpaired) electrons. The highest BCUT2D eigenvalue weighted by Gasteiger charge is 2.16. The third-order valence-corrected chi connectivity index (χ3v) is 5.20. The van der Waals surface area contributed by atoms with Crippen LogP contribution in [-0.4, -0.2) is 15.9 Å². The zero-order chi connectivity index (χ0) is 19.3. The van der Waals surface area contributed by atoms with Crippen molar-refractivity contribution in [3.8, 4) is 0 Å². The molecule has 0 aliphatic rings. The molecule has 3 aromatic rings. The molecule has 0 atom stereocenters. The Morgan fingerprint density at radius 1 is 1.04 bits per heavy atom. The summed E-state index contributed by atoms with van der Waals surface area (Å²) in [6.07, 6.45) is 5.25. The SMILES string of the molecule is CC(C)(C)c1cccc(NC(=O)c2cccnc2SCc2ccncc2)c1. The molecule has 3 rings (SSSR count). The van der Waals surface area contributed by atoms with Crippen molar-refractivity contribution in [2.24, 2.45) is 0 Å². The number of hydrogen-bond acceptors (Lipinski definition) is 4. The molecule has 0 aliphatic heterocycles. The van der Waals surface area contributed by atoms with Crippen molar-refractivity contribution >= 4 is 23.4 Å². The van der Waals surface area contributed by atoms with Crippen LogP contribution in [0.1, 0.15) is 42.3 Å². The van der Waals surface area contributed by atoms with Gasteiger partial charge in [0.2, 0.25) is 0 Å². The van der Waals surface area contributed by atoms with Crippen LogP contribution < -0.4 is 5.32 Å². The number of nitrogens with one attached hydrogen (secondary N) is 1. The van der Waals surface area contributed by atoms with Crippen LogP contribution in [0, 0.1) is 0 Å². The molecule has 0 saturated heterocycles. The van der Waals surface area contributed by atoms with Gasteiger partial charge in [-0.1, -0.05) is 32.9 Å². The molecule has 4 nitrogen and oxygen atoms in total. The fraction of sp³-hybridized carbons (Fsp3) is 0.227. The van der Waals surface area contributed by atoms with E-state index in [1.165, 1.54) is 5.56 Å². The number of carbonyl (C=O) groups is 1. The highest BCUT2D eigenvalue weighted by molar-refractivity contribution is 7.98. The minimum atomic E-state index is -0.147. The van der Waals surface area contributed by atoms with Gasteiger partial charge in [-0.15, -0.1) is 11.8 Å². The van der Waals surface area contributed by atoms with Crippen LogP contribution in [0.15, 0.2) is 72.1 Å². The first-order valence-electron chi connectivity index (χ1n) is 8.82. The predicted molar refractivity (Wildman–Crippen MR) is 111 cm³/mol. The summed E-state index contributed by atoms with van der Waals surface area (Å²) in [5, 5.41) is 3.73. The first-order chi connectivity index (χ1) is 12.9. The molecule has 0 aliphatic carbocycles. The van der Waals surface area contributed by atoms with E-state index < -0.39 is 0 Å². The van der Waals surface area contributed by atoms with E-state index in [-0.39, 0.29) is 11.3 Å². The van der Waals surface area contributed by atoms with Gasteiger partial charge < -0.3 is 5.32 Å². The smallest absolute Gasteiger partial charge is 0.258 e. The van der Waals surface area contributed by atoms with Gasteiger partial charge in [0.25, 0.3) is 5.91 Å². The number of benzene rings is 1. The normalized spacial score (nSPS) is 11.2. The molecule has 0 fully saturated rings. The lowest BCUT2D eigenvalue weighted by Gasteiger charge is -2.20. The minimum absolute atomic E-state index is 0.0284. The van der Waals surface area contributed by atoms with Gasteiger partial charge in [0.1, 0.15) is 5.03 Å². The number of aromatic nitrogens is 2. The maximum atomic E-state index is 12.8. The second-order valence-electron chi connectivity index (χ2n) is 7.29. The van der Waals surface area contributed by atoms with Crippen LogP contribution in [0.25, 0.3) is 0 Å². The van der Waals surface area contributed by atoms with Crippen LogP contribution in [-0.2, 0) is 11.2 Å². The van der Waals surface area contributed by atoms with E-state index in [0.717, 1.165) is 22.0 Å². The number of thioether (sulfide) groups is 1. The molecule has 27 heavy (non-hydrogen) atoms. The van der Waals surface area contributed by atoms with Crippen molar-refractivity contribution in [1.29, 1.82) is 0 Å². The fourth-order valence-electron chi connectivity index (χ4n) is 2.57. The predicted octanol–water partition coefficient (Wildman–Crippen LogP) is 5.32. The highest BCUT2D eigenvalue weighted by atomic mass is 32.2. The Balaban J connectivity index is 1.75. The number of anilines is 1. The summed E-state index contributed by atoms with van der Waals surface area (Å²) >= 11 is 1.55. The third kappa shape index (κ3) is 5.17. The lowest BCUT2D eigenvalue weighted by molar-refractivity contribution is 0.102. The van der Waals surface area contributed by atoms with Gasteiger partial charge in [-0.2, -0.15) is 0 Å². The minimum Gasteiger partial charge on any atom is -0.322 e.